The quantitative estimate of drug-likeness (QED) is 0.342. The van der Waals surface area contributed by atoms with Crippen molar-refractivity contribution in [2.24, 2.45) is 0 Å². The molecular weight excluding hydrogens is 364 g/mol. The maximum atomic E-state index is 12.6. The van der Waals surface area contributed by atoms with Crippen molar-refractivity contribution in [2.75, 3.05) is 13.7 Å². The number of imide groups is 1. The summed E-state index contributed by atoms with van der Waals surface area (Å²) in [7, 11) is 1.23. The molecule has 1 aliphatic heterocycles. The summed E-state index contributed by atoms with van der Waals surface area (Å²) in [5.74, 6) is -0.322. The van der Waals surface area contributed by atoms with E-state index >= 15 is 0 Å². The second kappa shape index (κ2) is 8.26. The van der Waals surface area contributed by atoms with Crippen LogP contribution in [0.25, 0.3) is 6.08 Å². The molecule has 1 saturated heterocycles. The number of nitrogens with one attached hydrogen (secondary N) is 1. The molecule has 0 aliphatic carbocycles. The van der Waals surface area contributed by atoms with Gasteiger partial charge in [-0.15, -0.1) is 0 Å². The standard InChI is InChI=1S/C20H18N2O6/c1-3-10-27-16-7-5-4-6-13(16)11-15-18(23)22(20(25)21-15)12-14-8-9-17(28-14)19(24)26-2/h3-9,11H,1,10,12H2,2H3,(H,21,25)/b15-11-. The highest BCUT2D eigenvalue weighted by molar-refractivity contribution is 6.14. The normalized spacial score (nSPS) is 14.9. The third-order valence-corrected chi connectivity index (χ3v) is 3.90. The highest BCUT2D eigenvalue weighted by Gasteiger charge is 2.34. The van der Waals surface area contributed by atoms with Gasteiger partial charge in [0.1, 0.15) is 23.8 Å². The van der Waals surface area contributed by atoms with Crippen LogP contribution in [0.1, 0.15) is 21.9 Å². The maximum Gasteiger partial charge on any atom is 0.373 e. The lowest BCUT2D eigenvalue weighted by Crippen LogP contribution is -2.30. The summed E-state index contributed by atoms with van der Waals surface area (Å²) in [6.07, 6.45) is 3.15. The minimum Gasteiger partial charge on any atom is -0.489 e. The molecule has 2 aromatic rings. The van der Waals surface area contributed by atoms with Crippen LogP contribution in [-0.2, 0) is 16.1 Å². The van der Waals surface area contributed by atoms with E-state index in [1.54, 1.807) is 36.4 Å². The van der Waals surface area contributed by atoms with Crippen LogP contribution in [0.3, 0.4) is 0 Å². The molecule has 1 aromatic carbocycles. The van der Waals surface area contributed by atoms with Crippen LogP contribution in [-0.4, -0.2) is 36.5 Å². The Balaban J connectivity index is 1.78. The van der Waals surface area contributed by atoms with Crippen molar-refractivity contribution in [1.29, 1.82) is 0 Å². The Labute approximate surface area is 161 Å². The van der Waals surface area contributed by atoms with E-state index in [1.807, 2.05) is 0 Å². The smallest absolute Gasteiger partial charge is 0.373 e. The van der Waals surface area contributed by atoms with Crippen LogP contribution in [0.2, 0.25) is 0 Å². The van der Waals surface area contributed by atoms with Crippen LogP contribution < -0.4 is 10.1 Å². The fourth-order valence-corrected chi connectivity index (χ4v) is 2.58. The number of furan rings is 1. The summed E-state index contributed by atoms with van der Waals surface area (Å²) < 4.78 is 15.4. The summed E-state index contributed by atoms with van der Waals surface area (Å²) in [6, 6.07) is 9.46. The third-order valence-electron chi connectivity index (χ3n) is 3.90. The first-order valence-corrected chi connectivity index (χ1v) is 8.37. The molecule has 1 N–H and O–H groups in total. The fraction of sp³-hybridized carbons (Fsp3) is 0.150. The predicted molar refractivity (Wildman–Crippen MR) is 99.2 cm³/mol. The van der Waals surface area contributed by atoms with Crippen molar-refractivity contribution in [2.45, 2.75) is 6.54 Å². The second-order valence-electron chi connectivity index (χ2n) is 5.77. The average Bonchev–Trinajstić information content (AvgIpc) is 3.27. The molecule has 3 amide bonds. The number of urea groups is 1. The number of hydrogen-bond acceptors (Lipinski definition) is 6. The van der Waals surface area contributed by atoms with Gasteiger partial charge < -0.3 is 19.2 Å². The highest BCUT2D eigenvalue weighted by atomic mass is 16.5. The zero-order valence-electron chi connectivity index (χ0n) is 15.1. The number of ether oxygens (including phenoxy) is 2. The summed E-state index contributed by atoms with van der Waals surface area (Å²) in [5.41, 5.74) is 0.750. The van der Waals surface area contributed by atoms with Crippen LogP contribution >= 0.6 is 0 Å². The summed E-state index contributed by atoms with van der Waals surface area (Å²) in [4.78, 5) is 37.3. The molecule has 144 valence electrons. The average molecular weight is 382 g/mol. The maximum absolute atomic E-state index is 12.6. The number of para-hydroxylation sites is 1. The SMILES string of the molecule is C=CCOc1ccccc1/C=C1\NC(=O)N(Cc2ccc(C(=O)OC)o2)C1=O. The first kappa shape index (κ1) is 19.0. The Kier molecular flexibility index (Phi) is 5.59. The molecule has 1 aliphatic rings. The van der Waals surface area contributed by atoms with E-state index in [0.717, 1.165) is 4.90 Å². The van der Waals surface area contributed by atoms with Gasteiger partial charge in [0.2, 0.25) is 5.76 Å². The highest BCUT2D eigenvalue weighted by Crippen LogP contribution is 2.23. The summed E-state index contributed by atoms with van der Waals surface area (Å²) in [6.45, 7) is 3.80. The molecule has 0 saturated carbocycles. The van der Waals surface area contributed by atoms with E-state index in [2.05, 4.69) is 16.6 Å². The van der Waals surface area contributed by atoms with Crippen molar-refractivity contribution in [3.63, 3.8) is 0 Å². The van der Waals surface area contributed by atoms with Gasteiger partial charge in [-0.25, -0.2) is 9.59 Å². The van der Waals surface area contributed by atoms with Crippen LogP contribution in [0.4, 0.5) is 4.79 Å². The van der Waals surface area contributed by atoms with Crippen molar-refractivity contribution >= 4 is 24.0 Å². The van der Waals surface area contributed by atoms with E-state index in [0.29, 0.717) is 17.9 Å². The Morgan fingerprint density at radius 2 is 2.04 bits per heavy atom. The van der Waals surface area contributed by atoms with Crippen LogP contribution in [0.5, 0.6) is 5.75 Å². The minimum absolute atomic E-state index is 0.00591. The van der Waals surface area contributed by atoms with Gasteiger partial charge in [-0.2, -0.15) is 0 Å². The van der Waals surface area contributed by atoms with Gasteiger partial charge >= 0.3 is 12.0 Å². The molecule has 1 aromatic heterocycles. The second-order valence-corrected chi connectivity index (χ2v) is 5.77. The van der Waals surface area contributed by atoms with Crippen LogP contribution in [0.15, 0.2) is 59.2 Å². The van der Waals surface area contributed by atoms with Gasteiger partial charge in [-0.05, 0) is 24.3 Å². The van der Waals surface area contributed by atoms with Crippen molar-refractivity contribution in [3.05, 3.63) is 71.8 Å². The third kappa shape index (κ3) is 3.96. The molecule has 8 nitrogen and oxygen atoms in total. The van der Waals surface area contributed by atoms with Gasteiger partial charge in [0.05, 0.1) is 13.7 Å². The van der Waals surface area contributed by atoms with E-state index in [-0.39, 0.29) is 23.8 Å². The Hall–Kier alpha value is -3.81. The zero-order chi connectivity index (χ0) is 20.1. The minimum atomic E-state index is -0.639. The molecule has 0 spiro atoms. The largest absolute Gasteiger partial charge is 0.489 e. The molecule has 28 heavy (non-hydrogen) atoms. The van der Waals surface area contributed by atoms with E-state index in [9.17, 15) is 14.4 Å². The lowest BCUT2D eigenvalue weighted by atomic mass is 10.1. The van der Waals surface area contributed by atoms with Gasteiger partial charge in [0.25, 0.3) is 5.91 Å². The first-order valence-electron chi connectivity index (χ1n) is 8.37. The van der Waals surface area contributed by atoms with Gasteiger partial charge in [-0.3, -0.25) is 9.69 Å². The van der Waals surface area contributed by atoms with Gasteiger partial charge in [0.15, 0.2) is 0 Å². The summed E-state index contributed by atoms with van der Waals surface area (Å²) in [5, 5.41) is 2.54. The number of carbonyl (C=O) groups is 3. The number of hydrogen-bond donors (Lipinski definition) is 1. The predicted octanol–water partition coefficient (Wildman–Crippen LogP) is 2.72. The Morgan fingerprint density at radius 1 is 1.25 bits per heavy atom. The van der Waals surface area contributed by atoms with Gasteiger partial charge in [0, 0.05) is 5.56 Å². The van der Waals surface area contributed by atoms with E-state index in [1.165, 1.54) is 19.2 Å². The monoisotopic (exact) mass is 382 g/mol. The molecule has 0 bridgehead atoms. The zero-order valence-corrected chi connectivity index (χ0v) is 15.1. The number of methoxy groups -OCH3 is 1. The number of rotatable bonds is 7. The van der Waals surface area contributed by atoms with Gasteiger partial charge in [-0.1, -0.05) is 30.9 Å². The Bertz CT molecular complexity index is 959. The Morgan fingerprint density at radius 3 is 2.79 bits per heavy atom. The van der Waals surface area contributed by atoms with Crippen molar-refractivity contribution in [3.8, 4) is 5.75 Å². The summed E-state index contributed by atoms with van der Waals surface area (Å²) >= 11 is 0. The molecule has 0 atom stereocenters. The van der Waals surface area contributed by atoms with E-state index < -0.39 is 17.9 Å². The topological polar surface area (TPSA) is 98.1 Å². The number of amides is 3. The lowest BCUT2D eigenvalue weighted by molar-refractivity contribution is -0.123. The van der Waals surface area contributed by atoms with Crippen molar-refractivity contribution in [1.82, 2.24) is 10.2 Å². The molecule has 0 unspecified atom stereocenters. The number of carbonyl (C=O) groups excluding carboxylic acids is 3. The molecule has 1 fully saturated rings. The molecular formula is C20H18N2O6. The van der Waals surface area contributed by atoms with Crippen molar-refractivity contribution < 1.29 is 28.3 Å². The van der Waals surface area contributed by atoms with Crippen LogP contribution in [0, 0.1) is 0 Å². The molecule has 0 radical (unpaired) electrons. The molecule has 3 rings (SSSR count). The number of esters is 1. The lowest BCUT2D eigenvalue weighted by Gasteiger charge is -2.09. The molecule has 2 heterocycles. The number of nitrogens with zero attached hydrogens (tertiary/aromatic N) is 1. The fourth-order valence-electron chi connectivity index (χ4n) is 2.58. The number of benzene rings is 1. The van der Waals surface area contributed by atoms with E-state index in [4.69, 9.17) is 9.15 Å². The first-order chi connectivity index (χ1) is 13.5. The molecule has 8 heteroatoms.